The number of hydrogen-bond acceptors (Lipinski definition) is 4. The Morgan fingerprint density at radius 3 is 2.63 bits per heavy atom. The van der Waals surface area contributed by atoms with Crippen molar-refractivity contribution in [3.8, 4) is 0 Å². The molecule has 3 aromatic rings. The molecule has 2 N–H and O–H groups in total. The van der Waals surface area contributed by atoms with Gasteiger partial charge in [0, 0.05) is 10.9 Å². The highest BCUT2D eigenvalue weighted by Crippen LogP contribution is 2.25. The molecule has 0 aliphatic rings. The number of nitrogens with one attached hydrogen (secondary N) is 2. The average Bonchev–Trinajstić information content (AvgIpc) is 2.69. The second-order valence-corrected chi connectivity index (χ2v) is 7.12. The number of thioether (sulfide) groups is 1. The molecule has 0 saturated heterocycles. The van der Waals surface area contributed by atoms with E-state index >= 15 is 0 Å². The number of pyridine rings is 1. The SMILES string of the molecule is CCc1cc2ccccc2nc1SCC(=O)NNC(=O)c1cccc(C)c1. The summed E-state index contributed by atoms with van der Waals surface area (Å²) in [5.74, 6) is -0.444. The molecule has 0 unspecified atom stereocenters. The maximum Gasteiger partial charge on any atom is 0.269 e. The third kappa shape index (κ3) is 4.86. The van der Waals surface area contributed by atoms with Gasteiger partial charge in [-0.2, -0.15) is 0 Å². The summed E-state index contributed by atoms with van der Waals surface area (Å²) in [5, 5.41) is 1.94. The van der Waals surface area contributed by atoms with Gasteiger partial charge >= 0.3 is 0 Å². The van der Waals surface area contributed by atoms with Crippen molar-refractivity contribution in [3.63, 3.8) is 0 Å². The predicted octanol–water partition coefficient (Wildman–Crippen LogP) is 3.66. The van der Waals surface area contributed by atoms with Crippen LogP contribution in [0.25, 0.3) is 10.9 Å². The highest BCUT2D eigenvalue weighted by molar-refractivity contribution is 7.99. The first-order valence-corrected chi connectivity index (χ1v) is 9.72. The lowest BCUT2D eigenvalue weighted by Gasteiger charge is -2.10. The summed E-state index contributed by atoms with van der Waals surface area (Å²) in [5.41, 5.74) is 8.41. The van der Waals surface area contributed by atoms with E-state index in [-0.39, 0.29) is 17.6 Å². The summed E-state index contributed by atoms with van der Waals surface area (Å²) >= 11 is 1.37. The van der Waals surface area contributed by atoms with E-state index in [0.29, 0.717) is 5.56 Å². The van der Waals surface area contributed by atoms with Crippen LogP contribution in [0, 0.1) is 6.92 Å². The molecule has 1 aromatic heterocycles. The summed E-state index contributed by atoms with van der Waals surface area (Å²) in [6.45, 7) is 3.98. The Hall–Kier alpha value is -2.86. The molecule has 6 heteroatoms. The van der Waals surface area contributed by atoms with E-state index in [1.54, 1.807) is 18.2 Å². The molecule has 0 bridgehead atoms. The molecule has 0 spiro atoms. The van der Waals surface area contributed by atoms with E-state index < -0.39 is 0 Å². The minimum atomic E-state index is -0.338. The Balaban J connectivity index is 1.59. The first kappa shape index (κ1) is 18.9. The Kier molecular flexibility index (Phi) is 6.08. The summed E-state index contributed by atoms with van der Waals surface area (Å²) in [4.78, 5) is 28.9. The Morgan fingerprint density at radius 2 is 1.85 bits per heavy atom. The number of carbonyl (C=O) groups excluding carboxylic acids is 2. The first-order chi connectivity index (χ1) is 13.1. The summed E-state index contributed by atoms with van der Waals surface area (Å²) < 4.78 is 0. The topological polar surface area (TPSA) is 71.1 Å². The standard InChI is InChI=1S/C21H21N3O2S/c1-3-15-12-16-8-4-5-10-18(16)22-21(15)27-13-19(25)23-24-20(26)17-9-6-7-14(2)11-17/h4-12H,3,13H2,1-2H3,(H,23,25)(H,24,26). The molecule has 0 aliphatic carbocycles. The van der Waals surface area contributed by atoms with Gasteiger partial charge in [-0.3, -0.25) is 20.4 Å². The summed E-state index contributed by atoms with van der Waals surface area (Å²) in [7, 11) is 0. The Labute approximate surface area is 162 Å². The molecule has 5 nitrogen and oxygen atoms in total. The lowest BCUT2D eigenvalue weighted by atomic mass is 10.1. The monoisotopic (exact) mass is 379 g/mol. The van der Waals surface area contributed by atoms with Crippen LogP contribution in [0.3, 0.4) is 0 Å². The molecule has 2 aromatic carbocycles. The molecule has 3 rings (SSSR count). The quantitative estimate of drug-likeness (QED) is 0.524. The number of aryl methyl sites for hydroxylation is 2. The number of aromatic nitrogens is 1. The van der Waals surface area contributed by atoms with Crippen molar-refractivity contribution in [1.82, 2.24) is 15.8 Å². The van der Waals surface area contributed by atoms with Crippen LogP contribution in [0.4, 0.5) is 0 Å². The van der Waals surface area contributed by atoms with Crippen LogP contribution in [-0.2, 0) is 11.2 Å². The molecule has 2 amide bonds. The lowest BCUT2D eigenvalue weighted by Crippen LogP contribution is -2.42. The number of hydrazine groups is 1. The van der Waals surface area contributed by atoms with Crippen LogP contribution in [0.2, 0.25) is 0 Å². The number of benzene rings is 2. The van der Waals surface area contributed by atoms with E-state index in [9.17, 15) is 9.59 Å². The van der Waals surface area contributed by atoms with Crippen molar-refractivity contribution in [2.75, 3.05) is 5.75 Å². The maximum atomic E-state index is 12.1. The highest BCUT2D eigenvalue weighted by Gasteiger charge is 2.11. The predicted molar refractivity (Wildman–Crippen MR) is 109 cm³/mol. The van der Waals surface area contributed by atoms with Gasteiger partial charge in [0.25, 0.3) is 5.91 Å². The van der Waals surface area contributed by atoms with Crippen LogP contribution in [0.5, 0.6) is 0 Å². The van der Waals surface area contributed by atoms with Crippen molar-refractivity contribution >= 4 is 34.5 Å². The van der Waals surface area contributed by atoms with Crippen LogP contribution in [0.15, 0.2) is 59.6 Å². The number of rotatable bonds is 5. The van der Waals surface area contributed by atoms with E-state index in [0.717, 1.165) is 33.5 Å². The normalized spacial score (nSPS) is 10.6. The van der Waals surface area contributed by atoms with Crippen LogP contribution < -0.4 is 10.9 Å². The summed E-state index contributed by atoms with van der Waals surface area (Å²) in [6, 6.07) is 17.2. The van der Waals surface area contributed by atoms with Gasteiger partial charge in [-0.15, -0.1) is 0 Å². The number of carbonyl (C=O) groups is 2. The zero-order valence-corrected chi connectivity index (χ0v) is 16.1. The van der Waals surface area contributed by atoms with Crippen LogP contribution in [0.1, 0.15) is 28.4 Å². The van der Waals surface area contributed by atoms with Crippen molar-refractivity contribution in [1.29, 1.82) is 0 Å². The minimum Gasteiger partial charge on any atom is -0.272 e. The zero-order chi connectivity index (χ0) is 19.2. The second kappa shape index (κ2) is 8.68. The fourth-order valence-corrected chi connectivity index (χ4v) is 3.57. The third-order valence-electron chi connectivity index (χ3n) is 4.08. The number of para-hydroxylation sites is 1. The zero-order valence-electron chi connectivity index (χ0n) is 15.3. The van der Waals surface area contributed by atoms with Crippen LogP contribution in [-0.4, -0.2) is 22.6 Å². The molecule has 27 heavy (non-hydrogen) atoms. The van der Waals surface area contributed by atoms with E-state index in [1.807, 2.05) is 37.3 Å². The Bertz CT molecular complexity index is 988. The second-order valence-electron chi connectivity index (χ2n) is 6.16. The number of fused-ring (bicyclic) bond motifs is 1. The lowest BCUT2D eigenvalue weighted by molar-refractivity contribution is -0.119. The van der Waals surface area contributed by atoms with E-state index in [1.165, 1.54) is 11.8 Å². The largest absolute Gasteiger partial charge is 0.272 e. The number of nitrogens with zero attached hydrogens (tertiary/aromatic N) is 1. The van der Waals surface area contributed by atoms with Gasteiger partial charge < -0.3 is 0 Å². The number of hydrogen-bond donors (Lipinski definition) is 2. The molecular weight excluding hydrogens is 358 g/mol. The number of amides is 2. The maximum absolute atomic E-state index is 12.1. The minimum absolute atomic E-state index is 0.173. The van der Waals surface area contributed by atoms with Gasteiger partial charge in [-0.1, -0.05) is 54.6 Å². The van der Waals surface area contributed by atoms with E-state index in [4.69, 9.17) is 0 Å². The Morgan fingerprint density at radius 1 is 1.04 bits per heavy atom. The average molecular weight is 379 g/mol. The third-order valence-corrected chi connectivity index (χ3v) is 5.11. The molecule has 0 atom stereocenters. The van der Waals surface area contributed by atoms with Gasteiger partial charge in [0.2, 0.25) is 5.91 Å². The molecule has 0 aliphatic heterocycles. The van der Waals surface area contributed by atoms with E-state index in [2.05, 4.69) is 28.8 Å². The van der Waals surface area contributed by atoms with Crippen molar-refractivity contribution in [3.05, 3.63) is 71.3 Å². The first-order valence-electron chi connectivity index (χ1n) is 8.74. The van der Waals surface area contributed by atoms with Gasteiger partial charge in [-0.25, -0.2) is 4.98 Å². The molecule has 0 radical (unpaired) electrons. The van der Waals surface area contributed by atoms with Gasteiger partial charge in [0.15, 0.2) is 0 Å². The molecule has 138 valence electrons. The molecular formula is C21H21N3O2S. The molecule has 0 fully saturated rings. The van der Waals surface area contributed by atoms with Crippen molar-refractivity contribution in [2.45, 2.75) is 25.3 Å². The van der Waals surface area contributed by atoms with Crippen LogP contribution >= 0.6 is 11.8 Å². The van der Waals surface area contributed by atoms with Gasteiger partial charge in [-0.05, 0) is 43.2 Å². The van der Waals surface area contributed by atoms with Gasteiger partial charge in [0.05, 0.1) is 11.3 Å². The fourth-order valence-electron chi connectivity index (χ4n) is 2.68. The molecule has 1 heterocycles. The summed E-state index contributed by atoms with van der Waals surface area (Å²) in [6.07, 6.45) is 0.839. The van der Waals surface area contributed by atoms with Crippen molar-refractivity contribution in [2.24, 2.45) is 0 Å². The molecule has 0 saturated carbocycles. The van der Waals surface area contributed by atoms with Gasteiger partial charge in [0.1, 0.15) is 5.03 Å². The smallest absolute Gasteiger partial charge is 0.269 e. The highest BCUT2D eigenvalue weighted by atomic mass is 32.2. The van der Waals surface area contributed by atoms with Crippen molar-refractivity contribution < 1.29 is 9.59 Å². The fraction of sp³-hybridized carbons (Fsp3) is 0.190.